The van der Waals surface area contributed by atoms with E-state index in [1.54, 1.807) is 18.2 Å². The number of nitrogens with one attached hydrogen (secondary N) is 3. The van der Waals surface area contributed by atoms with Gasteiger partial charge in [-0.15, -0.1) is 0 Å². The molecule has 0 aromatic heterocycles. The number of halogens is 1. The first-order valence-corrected chi connectivity index (χ1v) is 10.2. The molecule has 3 amide bonds. The Labute approximate surface area is 179 Å². The minimum absolute atomic E-state index is 0.0174. The summed E-state index contributed by atoms with van der Waals surface area (Å²) < 4.78 is 13.5. The number of carbonyl (C=O) groups is 3. The van der Waals surface area contributed by atoms with Crippen molar-refractivity contribution in [3.05, 3.63) is 83.7 Å². The van der Waals surface area contributed by atoms with E-state index < -0.39 is 11.7 Å². The van der Waals surface area contributed by atoms with Gasteiger partial charge >= 0.3 is 0 Å². The summed E-state index contributed by atoms with van der Waals surface area (Å²) in [5.41, 5.74) is 5.39. The maximum Gasteiger partial charge on any atom is 0.270 e. The number of benzene rings is 3. The highest BCUT2D eigenvalue weighted by Crippen LogP contribution is 2.18. The van der Waals surface area contributed by atoms with Crippen LogP contribution in [0.25, 0.3) is 10.8 Å². The van der Waals surface area contributed by atoms with Gasteiger partial charge in [-0.2, -0.15) is 0 Å². The van der Waals surface area contributed by atoms with Crippen molar-refractivity contribution in [2.24, 2.45) is 0 Å². The van der Waals surface area contributed by atoms with Crippen LogP contribution in [0.5, 0.6) is 0 Å². The average Bonchev–Trinajstić information content (AvgIpc) is 2.79. The lowest BCUT2D eigenvalue weighted by Crippen LogP contribution is -2.41. The SMILES string of the molecule is O=C(CCCCCNC(=O)c1ccccc1F)NNC(=O)c1cccc2ccccc12. The van der Waals surface area contributed by atoms with Gasteiger partial charge in [0.05, 0.1) is 5.56 Å². The molecule has 3 rings (SSSR count). The van der Waals surface area contributed by atoms with Crippen molar-refractivity contribution in [2.75, 3.05) is 6.54 Å². The largest absolute Gasteiger partial charge is 0.352 e. The first-order valence-electron chi connectivity index (χ1n) is 10.2. The third kappa shape index (κ3) is 6.12. The maximum absolute atomic E-state index is 13.5. The number of hydrogen-bond acceptors (Lipinski definition) is 3. The van der Waals surface area contributed by atoms with Gasteiger partial charge in [0, 0.05) is 18.5 Å². The topological polar surface area (TPSA) is 87.3 Å². The highest BCUT2D eigenvalue weighted by atomic mass is 19.1. The highest BCUT2D eigenvalue weighted by molar-refractivity contribution is 6.07. The van der Waals surface area contributed by atoms with Gasteiger partial charge in [-0.25, -0.2) is 4.39 Å². The Bertz CT molecular complexity index is 1080. The fourth-order valence-electron chi connectivity index (χ4n) is 3.21. The molecule has 0 saturated heterocycles. The van der Waals surface area contributed by atoms with E-state index >= 15 is 0 Å². The molecular weight excluding hydrogens is 397 g/mol. The molecule has 3 N–H and O–H groups in total. The Balaban J connectivity index is 1.33. The van der Waals surface area contributed by atoms with Crippen LogP contribution in [0.1, 0.15) is 46.4 Å². The minimum atomic E-state index is -0.554. The Morgan fingerprint density at radius 2 is 1.42 bits per heavy atom. The predicted molar refractivity (Wildman–Crippen MR) is 117 cm³/mol. The van der Waals surface area contributed by atoms with Crippen LogP contribution >= 0.6 is 0 Å². The Morgan fingerprint density at radius 3 is 2.26 bits per heavy atom. The molecule has 7 heteroatoms. The first kappa shape index (κ1) is 22.0. The Morgan fingerprint density at radius 1 is 0.710 bits per heavy atom. The second-order valence-corrected chi connectivity index (χ2v) is 7.08. The van der Waals surface area contributed by atoms with E-state index in [9.17, 15) is 18.8 Å². The molecule has 6 nitrogen and oxygen atoms in total. The average molecular weight is 421 g/mol. The molecule has 0 atom stereocenters. The molecule has 160 valence electrons. The number of hydrazine groups is 1. The monoisotopic (exact) mass is 421 g/mol. The highest BCUT2D eigenvalue weighted by Gasteiger charge is 2.11. The van der Waals surface area contributed by atoms with Crippen LogP contribution in [0.15, 0.2) is 66.7 Å². The lowest BCUT2D eigenvalue weighted by atomic mass is 10.0. The van der Waals surface area contributed by atoms with Gasteiger partial charge in [-0.05, 0) is 41.8 Å². The summed E-state index contributed by atoms with van der Waals surface area (Å²) in [5.74, 6) is -1.67. The Hall–Kier alpha value is -3.74. The van der Waals surface area contributed by atoms with E-state index in [0.29, 0.717) is 31.4 Å². The first-order chi connectivity index (χ1) is 15.1. The summed E-state index contributed by atoms with van der Waals surface area (Å²) in [6.45, 7) is 0.395. The molecule has 0 spiro atoms. The second kappa shape index (κ2) is 10.9. The lowest BCUT2D eigenvalue weighted by Gasteiger charge is -2.09. The van der Waals surface area contributed by atoms with Crippen molar-refractivity contribution in [3.63, 3.8) is 0 Å². The molecule has 0 aliphatic carbocycles. The smallest absolute Gasteiger partial charge is 0.270 e. The number of carbonyl (C=O) groups excluding carboxylic acids is 3. The van der Waals surface area contributed by atoms with E-state index in [1.807, 2.05) is 30.3 Å². The molecule has 0 unspecified atom stereocenters. The van der Waals surface area contributed by atoms with Gasteiger partial charge in [0.2, 0.25) is 5.91 Å². The zero-order chi connectivity index (χ0) is 22.1. The van der Waals surface area contributed by atoms with Gasteiger partial charge in [0.1, 0.15) is 5.82 Å². The zero-order valence-electron chi connectivity index (χ0n) is 17.0. The van der Waals surface area contributed by atoms with E-state index in [1.165, 1.54) is 18.2 Å². The fourth-order valence-corrected chi connectivity index (χ4v) is 3.21. The standard InChI is InChI=1S/C24H24FN3O3/c25-21-14-6-5-12-20(21)23(30)26-16-7-1-2-15-22(29)27-28-24(31)19-13-8-10-17-9-3-4-11-18(17)19/h3-6,8-14H,1-2,7,15-16H2,(H,26,30)(H,27,29)(H,28,31). The summed E-state index contributed by atoms with van der Waals surface area (Å²) in [4.78, 5) is 36.3. The third-order valence-electron chi connectivity index (χ3n) is 4.83. The van der Waals surface area contributed by atoms with Gasteiger partial charge in [-0.1, -0.05) is 55.0 Å². The van der Waals surface area contributed by atoms with Crippen LogP contribution in [0.3, 0.4) is 0 Å². The van der Waals surface area contributed by atoms with Crippen molar-refractivity contribution < 1.29 is 18.8 Å². The fraction of sp³-hybridized carbons (Fsp3) is 0.208. The molecular formula is C24H24FN3O3. The number of fused-ring (bicyclic) bond motifs is 1. The quantitative estimate of drug-likeness (QED) is 0.383. The maximum atomic E-state index is 13.5. The molecule has 0 radical (unpaired) electrons. The van der Waals surface area contributed by atoms with Gasteiger partial charge < -0.3 is 5.32 Å². The Kier molecular flexibility index (Phi) is 7.70. The zero-order valence-corrected chi connectivity index (χ0v) is 17.0. The van der Waals surface area contributed by atoms with Crippen molar-refractivity contribution >= 4 is 28.5 Å². The summed E-state index contributed by atoms with van der Waals surface area (Å²) >= 11 is 0. The van der Waals surface area contributed by atoms with Crippen LogP contribution in [0.4, 0.5) is 4.39 Å². The van der Waals surface area contributed by atoms with Crippen molar-refractivity contribution in [1.29, 1.82) is 0 Å². The van der Waals surface area contributed by atoms with Crippen LogP contribution in [-0.2, 0) is 4.79 Å². The molecule has 3 aromatic rings. The van der Waals surface area contributed by atoms with Crippen LogP contribution in [0, 0.1) is 5.82 Å². The summed E-state index contributed by atoms with van der Waals surface area (Å²) in [5, 5.41) is 4.43. The molecule has 0 saturated carbocycles. The molecule has 0 aliphatic rings. The molecule has 0 fully saturated rings. The summed E-state index contributed by atoms with van der Waals surface area (Å²) in [6, 6.07) is 18.8. The van der Waals surface area contributed by atoms with Crippen molar-refractivity contribution in [2.45, 2.75) is 25.7 Å². The van der Waals surface area contributed by atoms with Gasteiger partial charge in [-0.3, -0.25) is 25.2 Å². The second-order valence-electron chi connectivity index (χ2n) is 7.08. The number of amides is 3. The number of hydrogen-bond donors (Lipinski definition) is 3. The van der Waals surface area contributed by atoms with Crippen molar-refractivity contribution in [3.8, 4) is 0 Å². The normalized spacial score (nSPS) is 10.5. The predicted octanol–water partition coefficient (Wildman–Crippen LogP) is 3.73. The van der Waals surface area contributed by atoms with E-state index in [4.69, 9.17) is 0 Å². The van der Waals surface area contributed by atoms with Gasteiger partial charge in [0.15, 0.2) is 0 Å². The molecule has 0 bridgehead atoms. The molecule has 3 aromatic carbocycles. The minimum Gasteiger partial charge on any atom is -0.352 e. The number of unbranched alkanes of at least 4 members (excludes halogenated alkanes) is 2. The van der Waals surface area contributed by atoms with Crippen LogP contribution in [0.2, 0.25) is 0 Å². The van der Waals surface area contributed by atoms with Gasteiger partial charge in [0.25, 0.3) is 11.8 Å². The molecule has 0 aliphatic heterocycles. The van der Waals surface area contributed by atoms with E-state index in [-0.39, 0.29) is 23.8 Å². The van der Waals surface area contributed by atoms with E-state index in [0.717, 1.165) is 10.8 Å². The van der Waals surface area contributed by atoms with E-state index in [2.05, 4.69) is 16.2 Å². The molecule has 31 heavy (non-hydrogen) atoms. The summed E-state index contributed by atoms with van der Waals surface area (Å²) in [7, 11) is 0. The third-order valence-corrected chi connectivity index (χ3v) is 4.83. The number of rotatable bonds is 8. The van der Waals surface area contributed by atoms with Crippen molar-refractivity contribution in [1.82, 2.24) is 16.2 Å². The van der Waals surface area contributed by atoms with Crippen LogP contribution < -0.4 is 16.2 Å². The molecule has 0 heterocycles. The summed E-state index contributed by atoms with van der Waals surface area (Å²) in [6.07, 6.45) is 2.22. The van der Waals surface area contributed by atoms with Crippen LogP contribution in [-0.4, -0.2) is 24.3 Å². The lowest BCUT2D eigenvalue weighted by molar-refractivity contribution is -0.122.